The van der Waals surface area contributed by atoms with E-state index >= 15 is 0 Å². The van der Waals surface area contributed by atoms with Crippen LogP contribution in [0.3, 0.4) is 0 Å². The van der Waals surface area contributed by atoms with Gasteiger partial charge >= 0.3 is 5.97 Å². The molecule has 0 atom stereocenters. The molecule has 1 aromatic carbocycles. The van der Waals surface area contributed by atoms with Gasteiger partial charge in [-0.15, -0.1) is 0 Å². The number of fused-ring (bicyclic) bond motifs is 1. The first kappa shape index (κ1) is 12.4. The summed E-state index contributed by atoms with van der Waals surface area (Å²) in [6, 6.07) is 5.43. The van der Waals surface area contributed by atoms with Gasteiger partial charge in [-0.25, -0.2) is 0 Å². The number of aliphatic carboxylic acids is 1. The van der Waals surface area contributed by atoms with E-state index in [9.17, 15) is 9.59 Å². The van der Waals surface area contributed by atoms with Crippen molar-refractivity contribution in [2.45, 2.75) is 25.7 Å². The van der Waals surface area contributed by atoms with Crippen LogP contribution < -0.4 is 10.1 Å². The summed E-state index contributed by atoms with van der Waals surface area (Å²) in [5, 5.41) is 11.4. The summed E-state index contributed by atoms with van der Waals surface area (Å²) in [7, 11) is 0. The Morgan fingerprint density at radius 3 is 3.00 bits per heavy atom. The SMILES string of the molecule is O=C(O)CCOc1cccc2c1CCCC(=O)N2. The van der Waals surface area contributed by atoms with Crippen molar-refractivity contribution in [3.05, 3.63) is 23.8 Å². The molecule has 0 spiro atoms. The lowest BCUT2D eigenvalue weighted by Gasteiger charge is -2.13. The summed E-state index contributed by atoms with van der Waals surface area (Å²) in [6.45, 7) is 0.139. The molecule has 1 heterocycles. The molecule has 2 N–H and O–H groups in total. The molecule has 1 amide bonds. The number of ether oxygens (including phenoxy) is 1. The van der Waals surface area contributed by atoms with E-state index in [-0.39, 0.29) is 18.9 Å². The van der Waals surface area contributed by atoms with Gasteiger partial charge in [-0.1, -0.05) is 6.07 Å². The van der Waals surface area contributed by atoms with Gasteiger partial charge in [0, 0.05) is 17.7 Å². The Bertz CT molecular complexity index is 470. The van der Waals surface area contributed by atoms with E-state index in [1.165, 1.54) is 0 Å². The van der Waals surface area contributed by atoms with E-state index in [4.69, 9.17) is 9.84 Å². The molecule has 1 aliphatic heterocycles. The first-order chi connectivity index (χ1) is 8.66. The molecular weight excluding hydrogens is 234 g/mol. The summed E-state index contributed by atoms with van der Waals surface area (Å²) in [4.78, 5) is 21.9. The van der Waals surface area contributed by atoms with Gasteiger partial charge in [0.05, 0.1) is 13.0 Å². The van der Waals surface area contributed by atoms with Gasteiger partial charge < -0.3 is 15.2 Å². The molecule has 5 nitrogen and oxygen atoms in total. The van der Waals surface area contributed by atoms with Crippen LogP contribution in [0.15, 0.2) is 18.2 Å². The Morgan fingerprint density at radius 2 is 2.22 bits per heavy atom. The zero-order chi connectivity index (χ0) is 13.0. The number of anilines is 1. The lowest BCUT2D eigenvalue weighted by molar-refractivity contribution is -0.137. The standard InChI is InChI=1S/C13H15NO4/c15-12-6-1-3-9-10(14-12)4-2-5-11(9)18-8-7-13(16)17/h2,4-5H,1,3,6-8H2,(H,14,15)(H,16,17). The minimum atomic E-state index is -0.884. The third-order valence-electron chi connectivity index (χ3n) is 2.81. The van der Waals surface area contributed by atoms with Crippen LogP contribution >= 0.6 is 0 Å². The number of hydrogen-bond donors (Lipinski definition) is 2. The van der Waals surface area contributed by atoms with E-state index in [1.807, 2.05) is 6.07 Å². The number of nitrogens with one attached hydrogen (secondary N) is 1. The van der Waals surface area contributed by atoms with Crippen molar-refractivity contribution in [2.24, 2.45) is 0 Å². The molecule has 0 radical (unpaired) electrons. The van der Waals surface area contributed by atoms with E-state index < -0.39 is 5.97 Å². The summed E-state index contributed by atoms with van der Waals surface area (Å²) >= 11 is 0. The smallest absolute Gasteiger partial charge is 0.306 e. The third kappa shape index (κ3) is 3.00. The van der Waals surface area contributed by atoms with Gasteiger partial charge in [0.2, 0.25) is 5.91 Å². The van der Waals surface area contributed by atoms with Gasteiger partial charge in [-0.3, -0.25) is 9.59 Å². The Balaban J connectivity index is 2.13. The topological polar surface area (TPSA) is 75.6 Å². The van der Waals surface area contributed by atoms with Gasteiger partial charge in [0.1, 0.15) is 5.75 Å². The number of carbonyl (C=O) groups excluding carboxylic acids is 1. The number of rotatable bonds is 4. The molecule has 0 saturated carbocycles. The van der Waals surface area contributed by atoms with Gasteiger partial charge in [-0.05, 0) is 25.0 Å². The Labute approximate surface area is 105 Å². The zero-order valence-corrected chi connectivity index (χ0v) is 9.94. The second kappa shape index (κ2) is 5.53. The van der Waals surface area contributed by atoms with Crippen LogP contribution in [0, 0.1) is 0 Å². The number of amides is 1. The number of hydrogen-bond acceptors (Lipinski definition) is 3. The first-order valence-electron chi connectivity index (χ1n) is 5.93. The maximum Gasteiger partial charge on any atom is 0.306 e. The molecule has 0 saturated heterocycles. The molecule has 96 valence electrons. The summed E-state index contributed by atoms with van der Waals surface area (Å²) in [6.07, 6.45) is 2.01. The van der Waals surface area contributed by atoms with Crippen LogP contribution in [0.4, 0.5) is 5.69 Å². The van der Waals surface area contributed by atoms with Crippen molar-refractivity contribution < 1.29 is 19.4 Å². The molecule has 0 fully saturated rings. The van der Waals surface area contributed by atoms with E-state index in [0.29, 0.717) is 12.2 Å². The maximum absolute atomic E-state index is 11.4. The first-order valence-corrected chi connectivity index (χ1v) is 5.93. The highest BCUT2D eigenvalue weighted by atomic mass is 16.5. The van der Waals surface area contributed by atoms with E-state index in [0.717, 1.165) is 24.1 Å². The molecule has 1 aliphatic rings. The normalized spacial score (nSPS) is 14.3. The Hall–Kier alpha value is -2.04. The highest BCUT2D eigenvalue weighted by Gasteiger charge is 2.16. The predicted molar refractivity (Wildman–Crippen MR) is 65.8 cm³/mol. The molecule has 5 heteroatoms. The quantitative estimate of drug-likeness (QED) is 0.853. The van der Waals surface area contributed by atoms with Crippen molar-refractivity contribution in [3.8, 4) is 5.75 Å². The predicted octanol–water partition coefficient (Wildman–Crippen LogP) is 1.81. The fourth-order valence-electron chi connectivity index (χ4n) is 1.96. The minimum Gasteiger partial charge on any atom is -0.493 e. The van der Waals surface area contributed by atoms with E-state index in [2.05, 4.69) is 5.32 Å². The van der Waals surface area contributed by atoms with Crippen LogP contribution in [-0.2, 0) is 16.0 Å². The minimum absolute atomic E-state index is 0.0106. The highest BCUT2D eigenvalue weighted by molar-refractivity contribution is 5.92. The van der Waals surface area contributed by atoms with Crippen molar-refractivity contribution >= 4 is 17.6 Å². The molecule has 0 unspecified atom stereocenters. The number of carboxylic acid groups (broad SMARTS) is 1. The Morgan fingerprint density at radius 1 is 1.39 bits per heavy atom. The fraction of sp³-hybridized carbons (Fsp3) is 0.385. The van der Waals surface area contributed by atoms with Crippen LogP contribution in [-0.4, -0.2) is 23.6 Å². The molecule has 18 heavy (non-hydrogen) atoms. The average molecular weight is 249 g/mol. The molecule has 0 aliphatic carbocycles. The van der Waals surface area contributed by atoms with Crippen molar-refractivity contribution in [1.82, 2.24) is 0 Å². The van der Waals surface area contributed by atoms with Crippen LogP contribution in [0.5, 0.6) is 5.75 Å². The largest absolute Gasteiger partial charge is 0.493 e. The average Bonchev–Trinajstić information content (AvgIpc) is 2.50. The van der Waals surface area contributed by atoms with Crippen LogP contribution in [0.1, 0.15) is 24.8 Å². The van der Waals surface area contributed by atoms with Crippen molar-refractivity contribution in [3.63, 3.8) is 0 Å². The molecule has 0 aromatic heterocycles. The third-order valence-corrected chi connectivity index (χ3v) is 2.81. The monoisotopic (exact) mass is 249 g/mol. The highest BCUT2D eigenvalue weighted by Crippen LogP contribution is 2.30. The second-order valence-corrected chi connectivity index (χ2v) is 4.18. The van der Waals surface area contributed by atoms with E-state index in [1.54, 1.807) is 12.1 Å². The van der Waals surface area contributed by atoms with Crippen molar-refractivity contribution in [2.75, 3.05) is 11.9 Å². The van der Waals surface area contributed by atoms with Gasteiger partial charge in [0.15, 0.2) is 0 Å². The summed E-state index contributed by atoms with van der Waals surface area (Å²) < 4.78 is 5.47. The molecule has 2 rings (SSSR count). The van der Waals surface area contributed by atoms with Crippen molar-refractivity contribution in [1.29, 1.82) is 0 Å². The Kier molecular flexibility index (Phi) is 3.82. The fourth-order valence-corrected chi connectivity index (χ4v) is 1.96. The molecule has 0 bridgehead atoms. The zero-order valence-electron chi connectivity index (χ0n) is 9.94. The van der Waals surface area contributed by atoms with Gasteiger partial charge in [0.25, 0.3) is 0 Å². The van der Waals surface area contributed by atoms with Crippen LogP contribution in [0.2, 0.25) is 0 Å². The number of benzene rings is 1. The van der Waals surface area contributed by atoms with Crippen LogP contribution in [0.25, 0.3) is 0 Å². The lowest BCUT2D eigenvalue weighted by atomic mass is 10.1. The lowest BCUT2D eigenvalue weighted by Crippen LogP contribution is -2.10. The molecule has 1 aromatic rings. The summed E-state index contributed by atoms with van der Waals surface area (Å²) in [5.74, 6) is -0.210. The summed E-state index contributed by atoms with van der Waals surface area (Å²) in [5.41, 5.74) is 1.72. The second-order valence-electron chi connectivity index (χ2n) is 4.18. The number of carbonyl (C=O) groups is 2. The molecular formula is C13H15NO4. The van der Waals surface area contributed by atoms with Gasteiger partial charge in [-0.2, -0.15) is 0 Å². The maximum atomic E-state index is 11.4. The number of carboxylic acids is 1.